The number of nitrogens with zero attached hydrogens (tertiary/aromatic N) is 3. The van der Waals surface area contributed by atoms with Crippen molar-refractivity contribution in [2.24, 2.45) is 11.5 Å². The quantitative estimate of drug-likeness (QED) is 0.194. The van der Waals surface area contributed by atoms with Gasteiger partial charge in [-0.2, -0.15) is 5.10 Å². The number of aromatic nitrogens is 5. The van der Waals surface area contributed by atoms with E-state index in [9.17, 15) is 4.79 Å². The van der Waals surface area contributed by atoms with Crippen LogP contribution in [0.5, 0.6) is 0 Å². The molecule has 0 aliphatic rings. The fraction of sp³-hybridized carbons (Fsp3) is 0. The molecular weight excluding hydrogens is 454 g/mol. The molecule has 0 aliphatic carbocycles. The first kappa shape index (κ1) is 22.4. The van der Waals surface area contributed by atoms with Gasteiger partial charge >= 0.3 is 0 Å². The molecule has 0 radical (unpaired) electrons. The third kappa shape index (κ3) is 4.77. The zero-order chi connectivity index (χ0) is 24.9. The summed E-state index contributed by atoms with van der Waals surface area (Å²) in [4.78, 5) is 24.8. The minimum absolute atomic E-state index is 0.330. The Morgan fingerprint density at radius 2 is 1.81 bits per heavy atom. The molecule has 0 bridgehead atoms. The summed E-state index contributed by atoms with van der Waals surface area (Å²) in [6, 6.07) is 17.3. The Hall–Kier alpha value is -5.38. The molecule has 8 N–H and O–H groups in total. The van der Waals surface area contributed by atoms with Gasteiger partial charge < -0.3 is 27.1 Å². The van der Waals surface area contributed by atoms with E-state index in [0.29, 0.717) is 23.0 Å². The predicted molar refractivity (Wildman–Crippen MR) is 140 cm³/mol. The number of fused-ring (bicyclic) bond motifs is 1. The van der Waals surface area contributed by atoms with Crippen LogP contribution in [0.4, 0.5) is 11.5 Å². The summed E-state index contributed by atoms with van der Waals surface area (Å²) in [6.07, 6.45) is 9.41. The van der Waals surface area contributed by atoms with Gasteiger partial charge in [0.1, 0.15) is 11.5 Å². The Kier molecular flexibility index (Phi) is 6.14. The summed E-state index contributed by atoms with van der Waals surface area (Å²) in [5.74, 6) is 0.888. The van der Waals surface area contributed by atoms with Gasteiger partial charge in [0, 0.05) is 46.3 Å². The fourth-order valence-electron chi connectivity index (χ4n) is 3.70. The van der Waals surface area contributed by atoms with Crippen LogP contribution >= 0.6 is 0 Å². The minimum Gasteiger partial charge on any atom is -0.405 e. The molecule has 0 saturated heterocycles. The maximum atomic E-state index is 12.6. The van der Waals surface area contributed by atoms with Crippen LogP contribution in [-0.2, 0) is 0 Å². The van der Waals surface area contributed by atoms with Gasteiger partial charge in [-0.15, -0.1) is 0 Å². The Bertz CT molecular complexity index is 1570. The lowest BCUT2D eigenvalue weighted by Crippen LogP contribution is -2.23. The third-order valence-electron chi connectivity index (χ3n) is 5.48. The van der Waals surface area contributed by atoms with E-state index in [-0.39, 0.29) is 5.91 Å². The Morgan fingerprint density at radius 1 is 0.972 bits per heavy atom. The van der Waals surface area contributed by atoms with E-state index in [1.807, 2.05) is 48.7 Å². The second-order valence-corrected chi connectivity index (χ2v) is 7.88. The molecule has 0 aliphatic heterocycles. The van der Waals surface area contributed by atoms with Gasteiger partial charge in [0.25, 0.3) is 5.91 Å². The smallest absolute Gasteiger partial charge is 0.272 e. The summed E-state index contributed by atoms with van der Waals surface area (Å²) in [5.41, 5.74) is 16.3. The van der Waals surface area contributed by atoms with Crippen molar-refractivity contribution in [2.75, 3.05) is 5.32 Å². The Balaban J connectivity index is 1.34. The highest BCUT2D eigenvalue weighted by molar-refractivity contribution is 5.99. The van der Waals surface area contributed by atoms with Crippen LogP contribution in [0.2, 0.25) is 0 Å². The molecule has 0 spiro atoms. The molecule has 2 aromatic carbocycles. The molecule has 178 valence electrons. The van der Waals surface area contributed by atoms with Gasteiger partial charge in [-0.1, -0.05) is 24.3 Å². The second kappa shape index (κ2) is 9.85. The van der Waals surface area contributed by atoms with Crippen molar-refractivity contribution in [2.45, 2.75) is 0 Å². The van der Waals surface area contributed by atoms with Crippen LogP contribution in [0, 0.1) is 0 Å². The van der Waals surface area contributed by atoms with E-state index in [1.54, 1.807) is 24.5 Å². The van der Waals surface area contributed by atoms with Crippen molar-refractivity contribution in [1.29, 1.82) is 0 Å². The molecule has 0 atom stereocenters. The largest absolute Gasteiger partial charge is 0.405 e. The summed E-state index contributed by atoms with van der Waals surface area (Å²) < 4.78 is 0. The summed E-state index contributed by atoms with van der Waals surface area (Å²) in [7, 11) is 0. The minimum atomic E-state index is -0.330. The number of anilines is 2. The molecule has 10 heteroatoms. The summed E-state index contributed by atoms with van der Waals surface area (Å²) in [5, 5.41) is 13.7. The van der Waals surface area contributed by atoms with Crippen LogP contribution < -0.4 is 22.1 Å². The van der Waals surface area contributed by atoms with Crippen molar-refractivity contribution in [3.63, 3.8) is 0 Å². The third-order valence-corrected chi connectivity index (χ3v) is 5.48. The number of benzene rings is 2. The first-order chi connectivity index (χ1) is 17.6. The maximum absolute atomic E-state index is 12.6. The number of hydrogen-bond acceptors (Lipinski definition) is 7. The summed E-state index contributed by atoms with van der Waals surface area (Å²) >= 11 is 0. The predicted octanol–water partition coefficient (Wildman–Crippen LogP) is 3.76. The number of hydrogen-bond donors (Lipinski definition) is 6. The molecule has 10 nitrogen and oxygen atoms in total. The first-order valence-corrected chi connectivity index (χ1v) is 11.1. The highest BCUT2D eigenvalue weighted by Crippen LogP contribution is 2.25. The molecule has 36 heavy (non-hydrogen) atoms. The molecule has 3 aromatic heterocycles. The van der Waals surface area contributed by atoms with Crippen molar-refractivity contribution in [3.8, 4) is 22.5 Å². The topological polar surface area (TPSA) is 163 Å². The standard InChI is InChI=1S/C26H23N9O/c27-9-7-21(13-28)33-26(36)23-11-17-1-2-18(12-22(17)34-23)25-29-10-8-24(35-25)32-20-5-3-16(4-6-20)19-14-30-31-15-19/h1-15,34H,27-28H2,(H,30,31)(H,33,36)(H,29,32,35)/b9-7-,21-13+. The number of rotatable bonds is 7. The van der Waals surface area contributed by atoms with Gasteiger partial charge in [0.2, 0.25) is 0 Å². The Labute approximate surface area is 206 Å². The molecule has 1 amide bonds. The number of allylic oxidation sites excluding steroid dienone is 1. The fourth-order valence-corrected chi connectivity index (χ4v) is 3.70. The lowest BCUT2D eigenvalue weighted by atomic mass is 10.1. The van der Waals surface area contributed by atoms with E-state index in [1.165, 1.54) is 18.5 Å². The first-order valence-electron chi connectivity index (χ1n) is 11.1. The number of nitrogens with two attached hydrogens (primary N) is 2. The zero-order valence-corrected chi connectivity index (χ0v) is 19.1. The van der Waals surface area contributed by atoms with Crippen molar-refractivity contribution < 1.29 is 4.79 Å². The van der Waals surface area contributed by atoms with Gasteiger partial charge in [0.05, 0.1) is 11.9 Å². The van der Waals surface area contributed by atoms with Crippen LogP contribution in [0.15, 0.2) is 97.4 Å². The van der Waals surface area contributed by atoms with E-state index in [0.717, 1.165) is 33.3 Å². The average molecular weight is 478 g/mol. The monoisotopic (exact) mass is 477 g/mol. The SMILES string of the molecule is N/C=C\C(=C/N)NC(=O)c1cc2ccc(-c3nccc(Nc4ccc(-c5cn[nH]c5)cc4)n3)cc2[nH]1. The van der Waals surface area contributed by atoms with E-state index < -0.39 is 0 Å². The number of amides is 1. The lowest BCUT2D eigenvalue weighted by Gasteiger charge is -2.08. The van der Waals surface area contributed by atoms with Crippen LogP contribution in [0.1, 0.15) is 10.5 Å². The number of carbonyl (C=O) groups is 1. The molecule has 5 rings (SSSR count). The molecule has 0 unspecified atom stereocenters. The molecule has 5 aromatic rings. The van der Waals surface area contributed by atoms with Gasteiger partial charge in [0.15, 0.2) is 5.82 Å². The molecule has 3 heterocycles. The molecule has 0 fully saturated rings. The van der Waals surface area contributed by atoms with Crippen LogP contribution in [0.3, 0.4) is 0 Å². The molecular formula is C26H23N9O. The van der Waals surface area contributed by atoms with Gasteiger partial charge in [-0.05, 0) is 48.2 Å². The Morgan fingerprint density at radius 3 is 2.56 bits per heavy atom. The van der Waals surface area contributed by atoms with Crippen LogP contribution in [-0.4, -0.2) is 31.1 Å². The van der Waals surface area contributed by atoms with E-state index in [4.69, 9.17) is 11.5 Å². The molecule has 0 saturated carbocycles. The normalized spacial score (nSPS) is 11.7. The number of H-pyrrole nitrogens is 2. The highest BCUT2D eigenvalue weighted by Gasteiger charge is 2.12. The maximum Gasteiger partial charge on any atom is 0.272 e. The van der Waals surface area contributed by atoms with Crippen molar-refractivity contribution >= 4 is 28.3 Å². The van der Waals surface area contributed by atoms with Gasteiger partial charge in [-0.3, -0.25) is 9.89 Å². The van der Waals surface area contributed by atoms with Crippen molar-refractivity contribution in [3.05, 3.63) is 103 Å². The van der Waals surface area contributed by atoms with E-state index in [2.05, 4.69) is 35.8 Å². The van der Waals surface area contributed by atoms with E-state index >= 15 is 0 Å². The number of nitrogens with one attached hydrogen (secondary N) is 4. The number of carbonyl (C=O) groups excluding carboxylic acids is 1. The summed E-state index contributed by atoms with van der Waals surface area (Å²) in [6.45, 7) is 0. The van der Waals surface area contributed by atoms with Crippen LogP contribution in [0.25, 0.3) is 33.4 Å². The number of aromatic amines is 2. The zero-order valence-electron chi connectivity index (χ0n) is 19.1. The lowest BCUT2D eigenvalue weighted by molar-refractivity contribution is 0.0963. The van der Waals surface area contributed by atoms with Gasteiger partial charge in [-0.25, -0.2) is 9.97 Å². The average Bonchev–Trinajstić information content (AvgIpc) is 3.59. The second-order valence-electron chi connectivity index (χ2n) is 7.88. The highest BCUT2D eigenvalue weighted by atomic mass is 16.1. The van der Waals surface area contributed by atoms with Crippen molar-refractivity contribution in [1.82, 2.24) is 30.5 Å².